The summed E-state index contributed by atoms with van der Waals surface area (Å²) in [4.78, 5) is 10.6. The SMILES string of the molecule is CC(=O)OCCCCCCCCCCCCCCCCCCOS(=O)(=O)O.[Na+]. The molecule has 0 aromatic rings. The van der Waals surface area contributed by atoms with E-state index in [1.807, 2.05) is 0 Å². The summed E-state index contributed by atoms with van der Waals surface area (Å²) in [5, 5.41) is 0. The summed E-state index contributed by atoms with van der Waals surface area (Å²) in [5.41, 5.74) is 0. The topological polar surface area (TPSA) is 89.9 Å². The minimum atomic E-state index is -4.26. The van der Waals surface area contributed by atoms with Crippen molar-refractivity contribution in [1.29, 1.82) is 0 Å². The quantitative estimate of drug-likeness (QED) is 0.138. The van der Waals surface area contributed by atoms with Crippen LogP contribution in [0.2, 0.25) is 0 Å². The number of rotatable bonds is 20. The van der Waals surface area contributed by atoms with Crippen molar-refractivity contribution in [1.82, 2.24) is 0 Å². The first kappa shape index (κ1) is 30.5. The van der Waals surface area contributed by atoms with Gasteiger partial charge >= 0.3 is 45.9 Å². The molecule has 0 saturated carbocycles. The Balaban J connectivity index is 0. The third-order valence-electron chi connectivity index (χ3n) is 4.58. The van der Waals surface area contributed by atoms with Gasteiger partial charge in [0.25, 0.3) is 0 Å². The molecule has 0 amide bonds. The summed E-state index contributed by atoms with van der Waals surface area (Å²) < 4.78 is 38.3. The average molecular weight is 432 g/mol. The Morgan fingerprint density at radius 3 is 1.21 bits per heavy atom. The van der Waals surface area contributed by atoms with Crippen molar-refractivity contribution in [3.63, 3.8) is 0 Å². The molecule has 0 aromatic carbocycles. The first-order valence-corrected chi connectivity index (χ1v) is 12.0. The predicted molar refractivity (Wildman–Crippen MR) is 108 cm³/mol. The van der Waals surface area contributed by atoms with Crippen molar-refractivity contribution in [3.05, 3.63) is 0 Å². The van der Waals surface area contributed by atoms with E-state index in [2.05, 4.69) is 4.18 Å². The molecule has 0 bridgehead atoms. The molecule has 0 unspecified atom stereocenters. The number of hydrogen-bond donors (Lipinski definition) is 1. The maximum Gasteiger partial charge on any atom is 1.00 e. The van der Waals surface area contributed by atoms with E-state index in [0.717, 1.165) is 25.7 Å². The number of esters is 1. The van der Waals surface area contributed by atoms with Crippen LogP contribution in [0.25, 0.3) is 0 Å². The maximum absolute atomic E-state index is 10.6. The van der Waals surface area contributed by atoms with E-state index in [1.165, 1.54) is 77.6 Å². The molecule has 8 heteroatoms. The van der Waals surface area contributed by atoms with Crippen LogP contribution in [0.4, 0.5) is 0 Å². The Bertz CT molecular complexity index is 442. The summed E-state index contributed by atoms with van der Waals surface area (Å²) in [7, 11) is -4.26. The van der Waals surface area contributed by atoms with Crippen LogP contribution < -0.4 is 29.6 Å². The zero-order valence-corrected chi connectivity index (χ0v) is 20.9. The second-order valence-electron chi connectivity index (χ2n) is 7.25. The van der Waals surface area contributed by atoms with Crippen molar-refractivity contribution < 1.29 is 56.2 Å². The molecule has 0 radical (unpaired) electrons. The smallest absolute Gasteiger partial charge is 0.466 e. The average Bonchev–Trinajstić information content (AvgIpc) is 2.58. The van der Waals surface area contributed by atoms with Crippen LogP contribution in [0.5, 0.6) is 0 Å². The fourth-order valence-corrected chi connectivity index (χ4v) is 3.39. The van der Waals surface area contributed by atoms with Crippen molar-refractivity contribution in [2.24, 2.45) is 0 Å². The van der Waals surface area contributed by atoms with Gasteiger partial charge in [0.1, 0.15) is 0 Å². The molecule has 0 atom stereocenters. The van der Waals surface area contributed by atoms with Crippen LogP contribution in [0.1, 0.15) is 110 Å². The summed E-state index contributed by atoms with van der Waals surface area (Å²) in [6.07, 6.45) is 19.0. The third-order valence-corrected chi connectivity index (χ3v) is 5.04. The van der Waals surface area contributed by atoms with Crippen LogP contribution >= 0.6 is 0 Å². The molecule has 0 fully saturated rings. The van der Waals surface area contributed by atoms with Crippen molar-refractivity contribution in [2.45, 2.75) is 110 Å². The van der Waals surface area contributed by atoms with Crippen LogP contribution in [0, 0.1) is 0 Å². The van der Waals surface area contributed by atoms with Gasteiger partial charge in [0, 0.05) is 6.92 Å². The number of carbonyl (C=O) groups is 1. The normalized spacial score (nSPS) is 11.2. The van der Waals surface area contributed by atoms with Crippen LogP contribution in [-0.2, 0) is 24.1 Å². The molecule has 0 aliphatic carbocycles. The van der Waals surface area contributed by atoms with Gasteiger partial charge in [-0.05, 0) is 12.8 Å². The molecule has 0 rings (SSSR count). The minimum Gasteiger partial charge on any atom is -0.466 e. The largest absolute Gasteiger partial charge is 1.00 e. The number of hydrogen-bond acceptors (Lipinski definition) is 5. The first-order chi connectivity index (χ1) is 12.9. The molecule has 0 aliphatic rings. The molecular weight excluding hydrogens is 391 g/mol. The molecular formula is C20H40NaO6S+. The Hall–Kier alpha value is 0.340. The molecule has 162 valence electrons. The van der Waals surface area contributed by atoms with Gasteiger partial charge in [0.05, 0.1) is 13.2 Å². The summed E-state index contributed by atoms with van der Waals surface area (Å²) in [6.45, 7) is 2.10. The van der Waals surface area contributed by atoms with E-state index in [-0.39, 0.29) is 42.1 Å². The van der Waals surface area contributed by atoms with Gasteiger partial charge in [-0.1, -0.05) is 89.9 Å². The monoisotopic (exact) mass is 431 g/mol. The van der Waals surface area contributed by atoms with Crippen LogP contribution in [0.3, 0.4) is 0 Å². The van der Waals surface area contributed by atoms with Gasteiger partial charge in [-0.2, -0.15) is 8.42 Å². The molecule has 6 nitrogen and oxygen atoms in total. The summed E-state index contributed by atoms with van der Waals surface area (Å²) >= 11 is 0. The second kappa shape index (κ2) is 22.0. The fraction of sp³-hybridized carbons (Fsp3) is 0.950. The zero-order valence-electron chi connectivity index (χ0n) is 18.1. The van der Waals surface area contributed by atoms with E-state index in [4.69, 9.17) is 9.29 Å². The van der Waals surface area contributed by atoms with Crippen molar-refractivity contribution in [2.75, 3.05) is 13.2 Å². The molecule has 0 heterocycles. The van der Waals surface area contributed by atoms with E-state index < -0.39 is 10.4 Å². The fourth-order valence-electron chi connectivity index (χ4n) is 3.06. The Morgan fingerprint density at radius 2 is 0.929 bits per heavy atom. The molecule has 0 spiro atoms. The maximum atomic E-state index is 10.6. The van der Waals surface area contributed by atoms with Crippen LogP contribution in [-0.4, -0.2) is 32.2 Å². The van der Waals surface area contributed by atoms with Gasteiger partial charge in [-0.15, -0.1) is 0 Å². The number of carbonyl (C=O) groups excluding carboxylic acids is 1. The third kappa shape index (κ3) is 28.5. The van der Waals surface area contributed by atoms with Crippen LogP contribution in [0.15, 0.2) is 0 Å². The van der Waals surface area contributed by atoms with Gasteiger partial charge < -0.3 is 4.74 Å². The van der Waals surface area contributed by atoms with E-state index in [9.17, 15) is 13.2 Å². The minimum absolute atomic E-state index is 0. The standard InChI is InChI=1S/C20H40O6S.Na/c1-20(21)25-18-16-14-12-10-8-6-4-2-3-5-7-9-11-13-15-17-19-26-27(22,23)24;/h2-19H2,1H3,(H,22,23,24);/q;+1. The predicted octanol–water partition coefficient (Wildman–Crippen LogP) is 2.61. The molecule has 0 aromatic heterocycles. The Kier molecular flexibility index (Phi) is 24.0. The van der Waals surface area contributed by atoms with E-state index >= 15 is 0 Å². The van der Waals surface area contributed by atoms with Crippen molar-refractivity contribution in [3.8, 4) is 0 Å². The molecule has 1 N–H and O–H groups in total. The van der Waals surface area contributed by atoms with Crippen molar-refractivity contribution >= 4 is 16.4 Å². The van der Waals surface area contributed by atoms with Gasteiger partial charge in [0.2, 0.25) is 0 Å². The Morgan fingerprint density at radius 1 is 0.643 bits per heavy atom. The number of ether oxygens (including phenoxy) is 1. The first-order valence-electron chi connectivity index (χ1n) is 10.7. The molecule has 28 heavy (non-hydrogen) atoms. The van der Waals surface area contributed by atoms with Gasteiger partial charge in [0.15, 0.2) is 0 Å². The second-order valence-corrected chi connectivity index (χ2v) is 8.34. The van der Waals surface area contributed by atoms with Gasteiger partial charge in [-0.3, -0.25) is 9.35 Å². The van der Waals surface area contributed by atoms with Gasteiger partial charge in [-0.25, -0.2) is 4.18 Å². The Labute approximate surface area is 194 Å². The summed E-state index contributed by atoms with van der Waals surface area (Å²) in [5.74, 6) is -0.182. The van der Waals surface area contributed by atoms with E-state index in [1.54, 1.807) is 0 Å². The molecule has 0 saturated heterocycles. The number of unbranched alkanes of at least 4 members (excludes halogenated alkanes) is 15. The zero-order chi connectivity index (χ0) is 20.2. The van der Waals surface area contributed by atoms with E-state index in [0.29, 0.717) is 13.0 Å². The molecule has 0 aliphatic heterocycles. The summed E-state index contributed by atoms with van der Waals surface area (Å²) in [6, 6.07) is 0.